The average molecular weight is 209 g/mol. The third kappa shape index (κ3) is 5.40. The van der Waals surface area contributed by atoms with Crippen molar-refractivity contribution in [3.05, 3.63) is 30.3 Å². The highest BCUT2D eigenvalue weighted by atomic mass is 16.5. The second-order valence-corrected chi connectivity index (χ2v) is 3.37. The highest BCUT2D eigenvalue weighted by Gasteiger charge is 2.02. The fourth-order valence-electron chi connectivity index (χ4n) is 1.20. The molecule has 15 heavy (non-hydrogen) atoms. The second-order valence-electron chi connectivity index (χ2n) is 3.37. The van der Waals surface area contributed by atoms with Crippen LogP contribution in [0.2, 0.25) is 0 Å². The Balaban J connectivity index is 2.11. The first kappa shape index (κ1) is 12.0. The molecule has 1 atom stereocenters. The van der Waals surface area contributed by atoms with Gasteiger partial charge in [-0.15, -0.1) is 0 Å². The first-order valence-electron chi connectivity index (χ1n) is 5.34. The smallest absolute Gasteiger partial charge is 0.119 e. The molecular weight excluding hydrogens is 190 g/mol. The van der Waals surface area contributed by atoms with Crippen LogP contribution in [0.15, 0.2) is 30.3 Å². The van der Waals surface area contributed by atoms with E-state index < -0.39 is 0 Å². The number of para-hydroxylation sites is 1. The predicted octanol–water partition coefficient (Wildman–Crippen LogP) is 1.82. The van der Waals surface area contributed by atoms with Gasteiger partial charge in [0.2, 0.25) is 0 Å². The van der Waals surface area contributed by atoms with Crippen LogP contribution in [0, 0.1) is 0 Å². The molecule has 0 aromatic heterocycles. The van der Waals surface area contributed by atoms with Crippen molar-refractivity contribution in [1.29, 1.82) is 0 Å². The maximum atomic E-state index is 5.82. The first-order valence-corrected chi connectivity index (χ1v) is 5.34. The van der Waals surface area contributed by atoms with E-state index in [9.17, 15) is 0 Å². The van der Waals surface area contributed by atoms with Crippen LogP contribution in [-0.2, 0) is 4.74 Å². The number of hydrogen-bond acceptors (Lipinski definition) is 3. The van der Waals surface area contributed by atoms with Crippen LogP contribution in [0.3, 0.4) is 0 Å². The highest BCUT2D eigenvalue weighted by molar-refractivity contribution is 5.20. The molecule has 0 spiro atoms. The predicted molar refractivity (Wildman–Crippen MR) is 61.0 cm³/mol. The van der Waals surface area contributed by atoms with Crippen molar-refractivity contribution in [2.75, 3.05) is 19.8 Å². The summed E-state index contributed by atoms with van der Waals surface area (Å²) < 4.78 is 10.7. The Hall–Kier alpha value is -1.06. The van der Waals surface area contributed by atoms with Crippen molar-refractivity contribution in [1.82, 2.24) is 0 Å². The fourth-order valence-corrected chi connectivity index (χ4v) is 1.20. The van der Waals surface area contributed by atoms with Gasteiger partial charge in [-0.2, -0.15) is 0 Å². The molecule has 0 radical (unpaired) electrons. The van der Waals surface area contributed by atoms with E-state index in [4.69, 9.17) is 15.2 Å². The molecule has 0 bridgehead atoms. The van der Waals surface area contributed by atoms with E-state index in [1.54, 1.807) is 0 Å². The van der Waals surface area contributed by atoms with E-state index in [0.29, 0.717) is 19.8 Å². The number of nitrogens with two attached hydrogens (primary N) is 1. The molecule has 0 saturated heterocycles. The molecule has 0 aliphatic rings. The van der Waals surface area contributed by atoms with E-state index in [2.05, 4.69) is 0 Å². The normalized spacial score (nSPS) is 12.4. The van der Waals surface area contributed by atoms with Crippen molar-refractivity contribution in [2.45, 2.75) is 19.4 Å². The van der Waals surface area contributed by atoms with Crippen molar-refractivity contribution in [3.8, 4) is 5.75 Å². The molecule has 1 aromatic carbocycles. The third-order valence-corrected chi connectivity index (χ3v) is 2.04. The van der Waals surface area contributed by atoms with Crippen LogP contribution in [0.4, 0.5) is 0 Å². The third-order valence-electron chi connectivity index (χ3n) is 2.04. The van der Waals surface area contributed by atoms with Crippen LogP contribution in [-0.4, -0.2) is 25.9 Å². The van der Waals surface area contributed by atoms with E-state index in [1.165, 1.54) is 0 Å². The molecule has 1 unspecified atom stereocenters. The van der Waals surface area contributed by atoms with Crippen LogP contribution < -0.4 is 10.5 Å². The summed E-state index contributed by atoms with van der Waals surface area (Å²) in [6.45, 7) is 3.92. The largest absolute Gasteiger partial charge is 0.494 e. The summed E-state index contributed by atoms with van der Waals surface area (Å²) in [7, 11) is 0. The van der Waals surface area contributed by atoms with E-state index >= 15 is 0 Å². The van der Waals surface area contributed by atoms with Gasteiger partial charge < -0.3 is 15.2 Å². The molecule has 1 aromatic rings. The standard InChI is InChI=1S/C12H19NO2/c1-2-14-10-11(13)8-9-15-12-6-4-3-5-7-12/h3-7,11H,2,8-10,13H2,1H3. The summed E-state index contributed by atoms with van der Waals surface area (Å²) in [5.74, 6) is 0.890. The summed E-state index contributed by atoms with van der Waals surface area (Å²) in [5, 5.41) is 0. The zero-order valence-corrected chi connectivity index (χ0v) is 9.19. The lowest BCUT2D eigenvalue weighted by Crippen LogP contribution is -2.28. The maximum absolute atomic E-state index is 5.82. The van der Waals surface area contributed by atoms with Gasteiger partial charge in [0.25, 0.3) is 0 Å². The Morgan fingerprint density at radius 2 is 2.00 bits per heavy atom. The zero-order chi connectivity index (χ0) is 10.9. The first-order chi connectivity index (χ1) is 7.33. The molecule has 0 amide bonds. The molecule has 0 heterocycles. The summed E-state index contributed by atoms with van der Waals surface area (Å²) >= 11 is 0. The molecule has 0 aliphatic heterocycles. The zero-order valence-electron chi connectivity index (χ0n) is 9.19. The minimum atomic E-state index is 0.0636. The lowest BCUT2D eigenvalue weighted by atomic mass is 10.2. The fraction of sp³-hybridized carbons (Fsp3) is 0.500. The lowest BCUT2D eigenvalue weighted by molar-refractivity contribution is 0.125. The minimum Gasteiger partial charge on any atom is -0.494 e. The number of benzene rings is 1. The number of hydrogen-bond donors (Lipinski definition) is 1. The monoisotopic (exact) mass is 209 g/mol. The highest BCUT2D eigenvalue weighted by Crippen LogP contribution is 2.08. The van der Waals surface area contributed by atoms with Crippen molar-refractivity contribution >= 4 is 0 Å². The minimum absolute atomic E-state index is 0.0636. The maximum Gasteiger partial charge on any atom is 0.119 e. The number of rotatable bonds is 7. The van der Waals surface area contributed by atoms with Crippen molar-refractivity contribution < 1.29 is 9.47 Å². The number of ether oxygens (including phenoxy) is 2. The molecule has 0 fully saturated rings. The molecular formula is C12H19NO2. The molecule has 84 valence electrons. The Kier molecular flexibility index (Phi) is 5.81. The Labute approximate surface area is 91.2 Å². The second kappa shape index (κ2) is 7.26. The molecule has 3 heteroatoms. The molecule has 0 saturated carbocycles. The van der Waals surface area contributed by atoms with Gasteiger partial charge in [0, 0.05) is 12.6 Å². The van der Waals surface area contributed by atoms with Crippen molar-refractivity contribution in [3.63, 3.8) is 0 Å². The van der Waals surface area contributed by atoms with Gasteiger partial charge in [0.1, 0.15) is 5.75 Å². The van der Waals surface area contributed by atoms with Gasteiger partial charge in [-0.3, -0.25) is 0 Å². The van der Waals surface area contributed by atoms with Crippen LogP contribution in [0.25, 0.3) is 0 Å². The summed E-state index contributed by atoms with van der Waals surface area (Å²) in [6.07, 6.45) is 0.814. The topological polar surface area (TPSA) is 44.5 Å². The Bertz CT molecular complexity index is 251. The van der Waals surface area contributed by atoms with Crippen molar-refractivity contribution in [2.24, 2.45) is 5.73 Å². The van der Waals surface area contributed by atoms with E-state index in [-0.39, 0.29) is 6.04 Å². The Morgan fingerprint density at radius 1 is 1.27 bits per heavy atom. The van der Waals surface area contributed by atoms with Crippen LogP contribution in [0.1, 0.15) is 13.3 Å². The van der Waals surface area contributed by atoms with Crippen LogP contribution in [0.5, 0.6) is 5.75 Å². The van der Waals surface area contributed by atoms with Gasteiger partial charge in [0.15, 0.2) is 0 Å². The summed E-state index contributed by atoms with van der Waals surface area (Å²) in [6, 6.07) is 9.81. The molecule has 3 nitrogen and oxygen atoms in total. The van der Waals surface area contributed by atoms with E-state index in [0.717, 1.165) is 12.2 Å². The Morgan fingerprint density at radius 3 is 2.67 bits per heavy atom. The van der Waals surface area contributed by atoms with Gasteiger partial charge in [-0.25, -0.2) is 0 Å². The van der Waals surface area contributed by atoms with Gasteiger partial charge in [-0.1, -0.05) is 18.2 Å². The van der Waals surface area contributed by atoms with E-state index in [1.807, 2.05) is 37.3 Å². The average Bonchev–Trinajstić information content (AvgIpc) is 2.28. The van der Waals surface area contributed by atoms with Gasteiger partial charge >= 0.3 is 0 Å². The van der Waals surface area contributed by atoms with Gasteiger partial charge in [0.05, 0.1) is 13.2 Å². The molecule has 0 aliphatic carbocycles. The molecule has 1 rings (SSSR count). The lowest BCUT2D eigenvalue weighted by Gasteiger charge is -2.12. The van der Waals surface area contributed by atoms with Crippen LogP contribution >= 0.6 is 0 Å². The molecule has 2 N–H and O–H groups in total. The SMILES string of the molecule is CCOCC(N)CCOc1ccccc1. The summed E-state index contributed by atoms with van der Waals surface area (Å²) in [4.78, 5) is 0. The van der Waals surface area contributed by atoms with Gasteiger partial charge in [-0.05, 0) is 25.5 Å². The summed E-state index contributed by atoms with van der Waals surface area (Å²) in [5.41, 5.74) is 5.82. The quantitative estimate of drug-likeness (QED) is 0.745.